The number of piperazine rings is 1. The number of benzene rings is 2. The van der Waals surface area contributed by atoms with Crippen molar-refractivity contribution in [3.05, 3.63) is 80.5 Å². The smallest absolute Gasteiger partial charge is 0.332 e. The van der Waals surface area contributed by atoms with Crippen molar-refractivity contribution in [3.63, 3.8) is 0 Å². The lowest BCUT2D eigenvalue weighted by molar-refractivity contribution is 0.414. The van der Waals surface area contributed by atoms with Crippen molar-refractivity contribution < 1.29 is 4.74 Å². The van der Waals surface area contributed by atoms with Crippen LogP contribution in [-0.4, -0.2) is 52.0 Å². The summed E-state index contributed by atoms with van der Waals surface area (Å²) in [5.41, 5.74) is 3.50. The van der Waals surface area contributed by atoms with Gasteiger partial charge in [-0.05, 0) is 24.6 Å². The zero-order valence-electron chi connectivity index (χ0n) is 20.6. The highest BCUT2D eigenvalue weighted by atomic mass is 16.5. The van der Waals surface area contributed by atoms with Gasteiger partial charge in [0.05, 0.1) is 13.7 Å². The highest BCUT2D eigenvalue weighted by Crippen LogP contribution is 2.26. The molecule has 1 aliphatic heterocycles. The second kappa shape index (κ2) is 8.98. The summed E-state index contributed by atoms with van der Waals surface area (Å²) in [4.78, 5) is 35.2. The molecule has 182 valence electrons. The van der Waals surface area contributed by atoms with Crippen LogP contribution in [0.5, 0.6) is 5.75 Å². The van der Waals surface area contributed by atoms with Crippen molar-refractivity contribution in [3.8, 4) is 5.75 Å². The standard InChI is InChI=1S/C26H30N6O3/c1-18-7-5-8-19(15-18)17-32-22-23(28(2)26(34)29(3)24(22)33)27-25(32)31-13-11-30(12-14-31)20-9-6-10-21(16-20)35-4/h5-10,15-16H,11-14,17H2,1-4H3. The topological polar surface area (TPSA) is 77.5 Å². The zero-order valence-corrected chi connectivity index (χ0v) is 20.6. The Morgan fingerprint density at radius 2 is 1.63 bits per heavy atom. The lowest BCUT2D eigenvalue weighted by Crippen LogP contribution is -2.47. The molecule has 0 amide bonds. The number of methoxy groups -OCH3 is 1. The van der Waals surface area contributed by atoms with Crippen LogP contribution in [0.4, 0.5) is 11.6 Å². The van der Waals surface area contributed by atoms with E-state index >= 15 is 0 Å². The van der Waals surface area contributed by atoms with Crippen LogP contribution in [0.1, 0.15) is 11.1 Å². The Morgan fingerprint density at radius 1 is 0.914 bits per heavy atom. The van der Waals surface area contributed by atoms with Crippen molar-refractivity contribution in [1.82, 2.24) is 18.7 Å². The molecule has 9 nitrogen and oxygen atoms in total. The Kier molecular flexibility index (Phi) is 5.84. The first-order valence-corrected chi connectivity index (χ1v) is 11.7. The SMILES string of the molecule is COc1cccc(N2CCN(c3nc4c(c(=O)n(C)c(=O)n4C)n3Cc3cccc(C)c3)CC2)c1. The van der Waals surface area contributed by atoms with Crippen LogP contribution in [0.2, 0.25) is 0 Å². The number of fused-ring (bicyclic) bond motifs is 1. The summed E-state index contributed by atoms with van der Waals surface area (Å²) in [5, 5.41) is 0. The minimum Gasteiger partial charge on any atom is -0.497 e. The average molecular weight is 475 g/mol. The van der Waals surface area contributed by atoms with Gasteiger partial charge in [-0.2, -0.15) is 4.98 Å². The molecule has 3 heterocycles. The number of hydrogen-bond donors (Lipinski definition) is 0. The van der Waals surface area contributed by atoms with Gasteiger partial charge in [0, 0.05) is 52.0 Å². The third-order valence-corrected chi connectivity index (χ3v) is 6.73. The van der Waals surface area contributed by atoms with Crippen LogP contribution in [0, 0.1) is 6.92 Å². The Bertz CT molecular complexity index is 1510. The van der Waals surface area contributed by atoms with Gasteiger partial charge in [0.2, 0.25) is 5.95 Å². The predicted octanol–water partition coefficient (Wildman–Crippen LogP) is 2.13. The molecule has 4 aromatic rings. The van der Waals surface area contributed by atoms with Gasteiger partial charge >= 0.3 is 5.69 Å². The molecule has 0 radical (unpaired) electrons. The van der Waals surface area contributed by atoms with Crippen molar-refractivity contribution >= 4 is 22.8 Å². The Balaban J connectivity index is 1.54. The van der Waals surface area contributed by atoms with E-state index in [2.05, 4.69) is 41.0 Å². The van der Waals surface area contributed by atoms with Crippen LogP contribution < -0.4 is 25.8 Å². The van der Waals surface area contributed by atoms with Gasteiger partial charge in [-0.15, -0.1) is 0 Å². The molecule has 2 aromatic carbocycles. The quantitative estimate of drug-likeness (QED) is 0.441. The summed E-state index contributed by atoms with van der Waals surface area (Å²) in [6, 6.07) is 16.3. The van der Waals surface area contributed by atoms with Crippen LogP contribution in [0.3, 0.4) is 0 Å². The highest BCUT2D eigenvalue weighted by molar-refractivity contribution is 5.75. The van der Waals surface area contributed by atoms with E-state index in [0.717, 1.165) is 53.3 Å². The predicted molar refractivity (Wildman–Crippen MR) is 138 cm³/mol. The molecule has 1 saturated heterocycles. The van der Waals surface area contributed by atoms with Gasteiger partial charge in [0.1, 0.15) is 5.75 Å². The van der Waals surface area contributed by atoms with Gasteiger partial charge in [-0.3, -0.25) is 18.5 Å². The Hall–Kier alpha value is -4.01. The number of ether oxygens (including phenoxy) is 1. The second-order valence-corrected chi connectivity index (χ2v) is 9.04. The fourth-order valence-corrected chi connectivity index (χ4v) is 4.79. The van der Waals surface area contributed by atoms with E-state index in [0.29, 0.717) is 23.7 Å². The molecular weight excluding hydrogens is 444 g/mol. The molecule has 0 bridgehead atoms. The van der Waals surface area contributed by atoms with E-state index in [4.69, 9.17) is 9.72 Å². The van der Waals surface area contributed by atoms with Crippen molar-refractivity contribution in [2.75, 3.05) is 43.1 Å². The number of rotatable bonds is 5. The summed E-state index contributed by atoms with van der Waals surface area (Å²) in [6.45, 7) is 5.63. The summed E-state index contributed by atoms with van der Waals surface area (Å²) in [6.07, 6.45) is 0. The van der Waals surface area contributed by atoms with Crippen molar-refractivity contribution in [1.29, 1.82) is 0 Å². The number of hydrogen-bond acceptors (Lipinski definition) is 6. The average Bonchev–Trinajstić information content (AvgIpc) is 3.25. The molecule has 0 aliphatic carbocycles. The van der Waals surface area contributed by atoms with E-state index in [1.54, 1.807) is 14.2 Å². The maximum absolute atomic E-state index is 13.2. The largest absolute Gasteiger partial charge is 0.497 e. The van der Waals surface area contributed by atoms with Gasteiger partial charge in [-0.25, -0.2) is 4.79 Å². The first kappa shape index (κ1) is 22.8. The summed E-state index contributed by atoms with van der Waals surface area (Å²) >= 11 is 0. The minimum absolute atomic E-state index is 0.329. The van der Waals surface area contributed by atoms with Crippen LogP contribution in [0.25, 0.3) is 11.2 Å². The molecule has 9 heteroatoms. The molecule has 0 unspecified atom stereocenters. The Morgan fingerprint density at radius 3 is 2.34 bits per heavy atom. The Labute approximate surface area is 203 Å². The van der Waals surface area contributed by atoms with E-state index in [1.165, 1.54) is 11.6 Å². The molecule has 0 saturated carbocycles. The first-order valence-electron chi connectivity index (χ1n) is 11.7. The van der Waals surface area contributed by atoms with Gasteiger partial charge < -0.3 is 14.5 Å². The van der Waals surface area contributed by atoms with E-state index in [1.807, 2.05) is 28.8 Å². The maximum Gasteiger partial charge on any atom is 0.332 e. The second-order valence-electron chi connectivity index (χ2n) is 9.04. The number of imidazole rings is 1. The fraction of sp³-hybridized carbons (Fsp3) is 0.346. The number of aromatic nitrogens is 4. The third-order valence-electron chi connectivity index (χ3n) is 6.73. The highest BCUT2D eigenvalue weighted by Gasteiger charge is 2.26. The minimum atomic E-state index is -0.378. The number of aryl methyl sites for hydroxylation is 2. The maximum atomic E-state index is 13.2. The normalized spacial score (nSPS) is 14.1. The molecule has 0 atom stereocenters. The lowest BCUT2D eigenvalue weighted by Gasteiger charge is -2.36. The van der Waals surface area contributed by atoms with E-state index < -0.39 is 0 Å². The lowest BCUT2D eigenvalue weighted by atomic mass is 10.1. The molecule has 2 aromatic heterocycles. The number of nitrogens with zero attached hydrogens (tertiary/aromatic N) is 6. The van der Waals surface area contributed by atoms with Crippen LogP contribution in [-0.2, 0) is 20.6 Å². The fourth-order valence-electron chi connectivity index (χ4n) is 4.79. The monoisotopic (exact) mass is 474 g/mol. The number of anilines is 2. The summed E-state index contributed by atoms with van der Waals surface area (Å²) < 4.78 is 9.96. The first-order chi connectivity index (χ1) is 16.9. The van der Waals surface area contributed by atoms with Crippen molar-refractivity contribution in [2.24, 2.45) is 14.1 Å². The summed E-state index contributed by atoms with van der Waals surface area (Å²) in [5.74, 6) is 1.55. The molecule has 1 aliphatic rings. The molecule has 5 rings (SSSR count). The third kappa shape index (κ3) is 4.07. The van der Waals surface area contributed by atoms with E-state index in [9.17, 15) is 9.59 Å². The van der Waals surface area contributed by atoms with Gasteiger partial charge in [-0.1, -0.05) is 35.9 Å². The van der Waals surface area contributed by atoms with Crippen LogP contribution in [0.15, 0.2) is 58.1 Å². The molecule has 0 N–H and O–H groups in total. The molecule has 1 fully saturated rings. The molecular formula is C26H30N6O3. The molecule has 35 heavy (non-hydrogen) atoms. The molecule has 0 spiro atoms. The van der Waals surface area contributed by atoms with Crippen molar-refractivity contribution in [2.45, 2.75) is 13.5 Å². The zero-order chi connectivity index (χ0) is 24.7. The van der Waals surface area contributed by atoms with Crippen LogP contribution >= 0.6 is 0 Å². The van der Waals surface area contributed by atoms with E-state index in [-0.39, 0.29) is 11.2 Å². The van der Waals surface area contributed by atoms with Gasteiger partial charge in [0.15, 0.2) is 11.2 Å². The van der Waals surface area contributed by atoms with Gasteiger partial charge in [0.25, 0.3) is 5.56 Å². The summed E-state index contributed by atoms with van der Waals surface area (Å²) in [7, 11) is 4.85.